The molecule has 4 rings (SSSR count). The summed E-state index contributed by atoms with van der Waals surface area (Å²) >= 11 is 1.29. The number of hydrogen-bond donors (Lipinski definition) is 2. The summed E-state index contributed by atoms with van der Waals surface area (Å²) in [5.41, 5.74) is 2.41. The van der Waals surface area contributed by atoms with Gasteiger partial charge in [-0.3, -0.25) is 19.9 Å². The van der Waals surface area contributed by atoms with Gasteiger partial charge in [0.15, 0.2) is 5.16 Å². The van der Waals surface area contributed by atoms with Crippen molar-refractivity contribution < 1.29 is 14.5 Å². The van der Waals surface area contributed by atoms with E-state index in [0.717, 1.165) is 11.1 Å². The number of carbonyl (C=O) groups is 1. The van der Waals surface area contributed by atoms with E-state index in [-0.39, 0.29) is 17.4 Å². The Bertz CT molecular complexity index is 1350. The third-order valence-electron chi connectivity index (χ3n) is 5.35. The van der Waals surface area contributed by atoms with Crippen LogP contribution >= 0.6 is 11.8 Å². The molecule has 0 unspecified atom stereocenters. The van der Waals surface area contributed by atoms with Crippen molar-refractivity contribution in [2.75, 3.05) is 5.32 Å². The monoisotopic (exact) mass is 493 g/mol. The van der Waals surface area contributed by atoms with Crippen molar-refractivity contribution in [1.82, 2.24) is 15.0 Å². The number of carbonyl (C=O) groups excluding carboxylic acids is 1. The number of nitrogens with one attached hydrogen (secondary N) is 2. The Morgan fingerprint density at radius 1 is 1.20 bits per heavy atom. The van der Waals surface area contributed by atoms with Crippen molar-refractivity contribution in [3.63, 3.8) is 0 Å². The molecule has 3 heterocycles. The first-order valence-corrected chi connectivity index (χ1v) is 11.8. The summed E-state index contributed by atoms with van der Waals surface area (Å²) in [5.74, 6) is -0.367. The van der Waals surface area contributed by atoms with E-state index in [0.29, 0.717) is 33.6 Å². The maximum absolute atomic E-state index is 13.3. The number of thioether (sulfide) groups is 1. The second-order valence-corrected chi connectivity index (χ2v) is 9.14. The highest BCUT2D eigenvalue weighted by Gasteiger charge is 2.36. The number of nitro benzene ring substituents is 1. The molecule has 0 radical (unpaired) electrons. The van der Waals surface area contributed by atoms with Crippen molar-refractivity contribution in [1.29, 1.82) is 0 Å². The van der Waals surface area contributed by atoms with Crippen LogP contribution in [0.1, 0.15) is 43.4 Å². The average molecular weight is 494 g/mol. The highest BCUT2D eigenvalue weighted by molar-refractivity contribution is 7.98. The molecule has 10 nitrogen and oxygen atoms in total. The number of H-pyrrole nitrogens is 1. The molecule has 0 saturated heterocycles. The van der Waals surface area contributed by atoms with E-state index in [1.54, 1.807) is 57.4 Å². The fraction of sp³-hybridized carbons (Fsp3) is 0.250. The van der Waals surface area contributed by atoms with E-state index in [1.807, 2.05) is 0 Å². The first kappa shape index (κ1) is 24.1. The first-order chi connectivity index (χ1) is 16.7. The maximum Gasteiger partial charge on any atom is 0.337 e. The van der Waals surface area contributed by atoms with Gasteiger partial charge in [0, 0.05) is 36.0 Å². The predicted molar refractivity (Wildman–Crippen MR) is 131 cm³/mol. The highest BCUT2D eigenvalue weighted by atomic mass is 32.2. The Morgan fingerprint density at radius 3 is 2.51 bits per heavy atom. The Hall–Kier alpha value is -3.99. The molecule has 0 spiro atoms. The van der Waals surface area contributed by atoms with Gasteiger partial charge in [-0.2, -0.15) is 0 Å². The smallest absolute Gasteiger partial charge is 0.337 e. The van der Waals surface area contributed by atoms with Crippen LogP contribution in [0.25, 0.3) is 0 Å². The number of pyridine rings is 1. The van der Waals surface area contributed by atoms with Crippen LogP contribution in [-0.2, 0) is 15.3 Å². The van der Waals surface area contributed by atoms with Gasteiger partial charge in [0.05, 0.1) is 28.1 Å². The van der Waals surface area contributed by atoms with Crippen LogP contribution in [0.4, 0.5) is 11.5 Å². The van der Waals surface area contributed by atoms with Gasteiger partial charge in [0.1, 0.15) is 5.82 Å². The molecule has 1 aliphatic rings. The number of nitro groups is 1. The standard InChI is InChI=1S/C24H23N5O5S/c1-13(2)34-23(31)18-14(3)26-21-20(19(18)16-8-10-25-11-9-16)22(30)28-24(27-21)35-12-15-4-6-17(7-5-15)29(32)33/h4-11,13,19H,12H2,1-3H3,(H2,26,27,28,30)/t19-/m0/s1. The summed E-state index contributed by atoms with van der Waals surface area (Å²) in [6.45, 7) is 5.28. The van der Waals surface area contributed by atoms with Gasteiger partial charge >= 0.3 is 5.97 Å². The molecule has 2 N–H and O–H groups in total. The lowest BCUT2D eigenvalue weighted by molar-refractivity contribution is -0.384. The molecule has 35 heavy (non-hydrogen) atoms. The van der Waals surface area contributed by atoms with Crippen molar-refractivity contribution in [3.05, 3.63) is 97.2 Å². The van der Waals surface area contributed by atoms with Gasteiger partial charge in [-0.1, -0.05) is 23.9 Å². The van der Waals surface area contributed by atoms with Gasteiger partial charge in [-0.15, -0.1) is 0 Å². The zero-order valence-electron chi connectivity index (χ0n) is 19.3. The van der Waals surface area contributed by atoms with E-state index in [1.165, 1.54) is 23.9 Å². The van der Waals surface area contributed by atoms with E-state index in [4.69, 9.17) is 4.74 Å². The third kappa shape index (κ3) is 5.24. The fourth-order valence-corrected chi connectivity index (χ4v) is 4.62. The van der Waals surface area contributed by atoms with Gasteiger partial charge in [0.2, 0.25) is 0 Å². The summed E-state index contributed by atoms with van der Waals surface area (Å²) in [4.78, 5) is 48.1. The van der Waals surface area contributed by atoms with E-state index < -0.39 is 16.8 Å². The molecule has 2 aromatic heterocycles. The number of esters is 1. The molecule has 0 bridgehead atoms. The average Bonchev–Trinajstić information content (AvgIpc) is 2.82. The largest absolute Gasteiger partial charge is 0.460 e. The summed E-state index contributed by atoms with van der Waals surface area (Å²) in [6.07, 6.45) is 2.89. The fourth-order valence-electron chi connectivity index (χ4n) is 3.80. The van der Waals surface area contributed by atoms with Gasteiger partial charge in [-0.25, -0.2) is 9.78 Å². The number of non-ortho nitro benzene ring substituents is 1. The van der Waals surface area contributed by atoms with Crippen molar-refractivity contribution in [2.24, 2.45) is 0 Å². The zero-order chi connectivity index (χ0) is 25.1. The molecule has 180 valence electrons. The Balaban J connectivity index is 1.68. The Morgan fingerprint density at radius 2 is 1.89 bits per heavy atom. The predicted octanol–water partition coefficient (Wildman–Crippen LogP) is 4.15. The van der Waals surface area contributed by atoms with Crippen molar-refractivity contribution in [3.8, 4) is 0 Å². The van der Waals surface area contributed by atoms with E-state index in [9.17, 15) is 19.7 Å². The number of nitrogens with zero attached hydrogens (tertiary/aromatic N) is 3. The number of hydrogen-bond acceptors (Lipinski definition) is 9. The van der Waals surface area contributed by atoms with Crippen molar-refractivity contribution >= 4 is 29.2 Å². The summed E-state index contributed by atoms with van der Waals surface area (Å²) in [7, 11) is 0. The van der Waals surface area contributed by atoms with Crippen LogP contribution in [0, 0.1) is 10.1 Å². The highest BCUT2D eigenvalue weighted by Crippen LogP contribution is 2.40. The lowest BCUT2D eigenvalue weighted by Gasteiger charge is -2.29. The Labute approximate surface area is 205 Å². The lowest BCUT2D eigenvalue weighted by Crippen LogP contribution is -2.31. The molecular formula is C24H23N5O5S. The van der Waals surface area contributed by atoms with Crippen LogP contribution in [0.2, 0.25) is 0 Å². The minimum Gasteiger partial charge on any atom is -0.460 e. The number of rotatable bonds is 7. The summed E-state index contributed by atoms with van der Waals surface area (Å²) in [5, 5.41) is 14.3. The quantitative estimate of drug-likeness (QED) is 0.163. The van der Waals surface area contributed by atoms with Gasteiger partial charge < -0.3 is 15.0 Å². The molecule has 0 aliphatic carbocycles. The first-order valence-electron chi connectivity index (χ1n) is 10.8. The second kappa shape index (κ2) is 10.1. The number of fused-ring (bicyclic) bond motifs is 1. The van der Waals surface area contributed by atoms with Crippen LogP contribution in [0.5, 0.6) is 0 Å². The minimum atomic E-state index is -0.675. The normalized spacial score (nSPS) is 14.9. The van der Waals surface area contributed by atoms with Gasteiger partial charge in [0.25, 0.3) is 11.2 Å². The number of ether oxygens (including phenoxy) is 1. The molecule has 3 aromatic rings. The van der Waals surface area contributed by atoms with Gasteiger partial charge in [-0.05, 0) is 44.0 Å². The van der Waals surface area contributed by atoms with E-state index >= 15 is 0 Å². The molecule has 1 aromatic carbocycles. The van der Waals surface area contributed by atoms with Crippen LogP contribution in [-0.4, -0.2) is 31.9 Å². The SMILES string of the molecule is CC1=C(C(=O)OC(C)C)[C@H](c2ccncc2)c2c(nc(SCc3ccc([N+](=O)[O-])cc3)[nH]c2=O)N1. The molecule has 1 aliphatic heterocycles. The number of anilines is 1. The maximum atomic E-state index is 13.3. The molecule has 0 saturated carbocycles. The second-order valence-electron chi connectivity index (χ2n) is 8.18. The molecular weight excluding hydrogens is 470 g/mol. The molecule has 1 atom stereocenters. The van der Waals surface area contributed by atoms with Crippen LogP contribution in [0.3, 0.4) is 0 Å². The van der Waals surface area contributed by atoms with Crippen molar-refractivity contribution in [2.45, 2.75) is 43.7 Å². The lowest BCUT2D eigenvalue weighted by atomic mass is 9.83. The van der Waals surface area contributed by atoms with Crippen LogP contribution in [0.15, 0.2) is 70.0 Å². The number of aromatic amines is 1. The zero-order valence-corrected chi connectivity index (χ0v) is 20.1. The minimum absolute atomic E-state index is 0.0134. The number of benzene rings is 1. The Kier molecular flexibility index (Phi) is 6.97. The molecule has 11 heteroatoms. The number of allylic oxidation sites excluding steroid dienone is 1. The third-order valence-corrected chi connectivity index (χ3v) is 6.29. The topological polar surface area (TPSA) is 140 Å². The molecule has 0 fully saturated rings. The molecule has 0 amide bonds. The number of aromatic nitrogens is 3. The summed E-state index contributed by atoms with van der Waals surface area (Å²) in [6, 6.07) is 9.72. The van der Waals surface area contributed by atoms with E-state index in [2.05, 4.69) is 20.3 Å². The summed E-state index contributed by atoms with van der Waals surface area (Å²) < 4.78 is 5.47. The van der Waals surface area contributed by atoms with Crippen LogP contribution < -0.4 is 10.9 Å².